The molecule has 2 heterocycles. The van der Waals surface area contributed by atoms with Crippen molar-refractivity contribution >= 4 is 5.91 Å². The van der Waals surface area contributed by atoms with Crippen LogP contribution >= 0.6 is 0 Å². The molecule has 1 saturated carbocycles. The molecule has 6 heteroatoms. The SMILES string of the molecule is CN1CCC[C@@H]1C(=O)N[C@@H]1CNCC[C@H]1C1CCC(F)(F)CC1. The molecule has 2 saturated heterocycles. The van der Waals surface area contributed by atoms with E-state index in [-0.39, 0.29) is 30.8 Å². The highest BCUT2D eigenvalue weighted by molar-refractivity contribution is 5.82. The van der Waals surface area contributed by atoms with Gasteiger partial charge in [-0.3, -0.25) is 9.69 Å². The summed E-state index contributed by atoms with van der Waals surface area (Å²) < 4.78 is 26.8. The van der Waals surface area contributed by atoms with Gasteiger partial charge in [0.1, 0.15) is 0 Å². The molecule has 2 aliphatic heterocycles. The minimum atomic E-state index is -2.48. The van der Waals surface area contributed by atoms with E-state index in [0.29, 0.717) is 24.7 Å². The van der Waals surface area contributed by atoms with Gasteiger partial charge in [-0.1, -0.05) is 0 Å². The number of carbonyl (C=O) groups excluding carboxylic acids is 1. The summed E-state index contributed by atoms with van der Waals surface area (Å²) in [6.45, 7) is 2.66. The molecular formula is C17H29F2N3O. The van der Waals surface area contributed by atoms with Gasteiger partial charge in [-0.25, -0.2) is 8.78 Å². The molecule has 0 aromatic carbocycles. The molecule has 3 rings (SSSR count). The van der Waals surface area contributed by atoms with Crippen molar-refractivity contribution in [3.63, 3.8) is 0 Å². The topological polar surface area (TPSA) is 44.4 Å². The van der Waals surface area contributed by atoms with E-state index in [1.165, 1.54) is 0 Å². The van der Waals surface area contributed by atoms with Gasteiger partial charge in [-0.2, -0.15) is 0 Å². The third-order valence-electron chi connectivity index (χ3n) is 6.05. The highest BCUT2D eigenvalue weighted by Gasteiger charge is 2.41. The smallest absolute Gasteiger partial charge is 0.248 e. The molecule has 3 atom stereocenters. The van der Waals surface area contributed by atoms with Crippen LogP contribution in [0.3, 0.4) is 0 Å². The predicted octanol–water partition coefficient (Wildman–Crippen LogP) is 2.00. The van der Waals surface area contributed by atoms with Crippen LogP contribution in [0.1, 0.15) is 44.9 Å². The lowest BCUT2D eigenvalue weighted by molar-refractivity contribution is -0.126. The van der Waals surface area contributed by atoms with Gasteiger partial charge in [-0.15, -0.1) is 0 Å². The second-order valence-corrected chi connectivity index (χ2v) is 7.60. The maximum absolute atomic E-state index is 13.4. The molecule has 0 radical (unpaired) electrons. The van der Waals surface area contributed by atoms with Gasteiger partial charge in [0, 0.05) is 25.4 Å². The molecule has 3 aliphatic rings. The van der Waals surface area contributed by atoms with Gasteiger partial charge in [0.25, 0.3) is 0 Å². The van der Waals surface area contributed by atoms with Crippen molar-refractivity contribution in [3.05, 3.63) is 0 Å². The number of carbonyl (C=O) groups is 1. The molecule has 1 aliphatic carbocycles. The first-order valence-electron chi connectivity index (χ1n) is 9.05. The average molecular weight is 329 g/mol. The Hall–Kier alpha value is -0.750. The second-order valence-electron chi connectivity index (χ2n) is 7.60. The highest BCUT2D eigenvalue weighted by Crippen LogP contribution is 2.41. The lowest BCUT2D eigenvalue weighted by Gasteiger charge is -2.41. The minimum absolute atomic E-state index is 0.00756. The molecular weight excluding hydrogens is 300 g/mol. The van der Waals surface area contributed by atoms with Crippen LogP contribution in [0.2, 0.25) is 0 Å². The van der Waals surface area contributed by atoms with Crippen LogP contribution in [-0.4, -0.2) is 55.5 Å². The van der Waals surface area contributed by atoms with Crippen LogP contribution < -0.4 is 10.6 Å². The molecule has 4 nitrogen and oxygen atoms in total. The van der Waals surface area contributed by atoms with Gasteiger partial charge < -0.3 is 10.6 Å². The van der Waals surface area contributed by atoms with E-state index in [0.717, 1.165) is 38.9 Å². The second kappa shape index (κ2) is 7.01. The summed E-state index contributed by atoms with van der Waals surface area (Å²) in [5.41, 5.74) is 0. The Morgan fingerprint density at radius 1 is 1.22 bits per heavy atom. The lowest BCUT2D eigenvalue weighted by Crippen LogP contribution is -2.56. The Labute approximate surface area is 137 Å². The zero-order valence-corrected chi connectivity index (χ0v) is 14.0. The van der Waals surface area contributed by atoms with Crippen LogP contribution in [0, 0.1) is 11.8 Å². The summed E-state index contributed by atoms with van der Waals surface area (Å²) >= 11 is 0. The van der Waals surface area contributed by atoms with Crippen molar-refractivity contribution in [2.45, 2.75) is 63.0 Å². The number of piperidine rings is 1. The van der Waals surface area contributed by atoms with Crippen LogP contribution in [0.15, 0.2) is 0 Å². The predicted molar refractivity (Wildman–Crippen MR) is 85.5 cm³/mol. The standard InChI is InChI=1S/C17H29F2N3O/c1-22-10-2-3-15(22)16(23)21-14-11-20-9-6-13(14)12-4-7-17(18,19)8-5-12/h12-15,20H,2-11H2,1H3,(H,21,23)/t13-,14+,15+/m0/s1. The van der Waals surface area contributed by atoms with Crippen molar-refractivity contribution in [1.29, 1.82) is 0 Å². The molecule has 3 fully saturated rings. The molecule has 0 bridgehead atoms. The summed E-state index contributed by atoms with van der Waals surface area (Å²) in [5, 5.41) is 6.58. The van der Waals surface area contributed by atoms with E-state index in [9.17, 15) is 13.6 Å². The van der Waals surface area contributed by atoms with E-state index in [1.54, 1.807) is 0 Å². The average Bonchev–Trinajstić information content (AvgIpc) is 2.94. The summed E-state index contributed by atoms with van der Waals surface area (Å²) in [6, 6.07) is 0.0650. The van der Waals surface area contributed by atoms with Gasteiger partial charge in [0.05, 0.1) is 6.04 Å². The molecule has 0 aromatic heterocycles. The van der Waals surface area contributed by atoms with Crippen molar-refractivity contribution in [1.82, 2.24) is 15.5 Å². The first-order valence-corrected chi connectivity index (χ1v) is 9.05. The number of halogens is 2. The van der Waals surface area contributed by atoms with Gasteiger partial charge in [-0.05, 0) is 64.1 Å². The van der Waals surface area contributed by atoms with Crippen molar-refractivity contribution < 1.29 is 13.6 Å². The van der Waals surface area contributed by atoms with E-state index in [1.807, 2.05) is 7.05 Å². The number of hydrogen-bond donors (Lipinski definition) is 2. The number of nitrogens with one attached hydrogen (secondary N) is 2. The molecule has 0 spiro atoms. The van der Waals surface area contributed by atoms with E-state index < -0.39 is 5.92 Å². The van der Waals surface area contributed by atoms with Crippen molar-refractivity contribution in [2.24, 2.45) is 11.8 Å². The quantitative estimate of drug-likeness (QED) is 0.832. The highest BCUT2D eigenvalue weighted by atomic mass is 19.3. The minimum Gasteiger partial charge on any atom is -0.350 e. The van der Waals surface area contributed by atoms with Gasteiger partial charge in [0.2, 0.25) is 11.8 Å². The Bertz CT molecular complexity index is 422. The molecule has 132 valence electrons. The Kier molecular flexibility index (Phi) is 5.21. The fraction of sp³-hybridized carbons (Fsp3) is 0.941. The normalized spacial score (nSPS) is 36.0. The molecule has 2 N–H and O–H groups in total. The van der Waals surface area contributed by atoms with Crippen LogP contribution in [0.5, 0.6) is 0 Å². The first kappa shape index (κ1) is 17.1. The van der Waals surface area contributed by atoms with E-state index in [4.69, 9.17) is 0 Å². The zero-order chi connectivity index (χ0) is 16.4. The Balaban J connectivity index is 1.59. The summed E-state index contributed by atoms with van der Waals surface area (Å²) in [6.07, 6.45) is 4.16. The number of likely N-dealkylation sites (N-methyl/N-ethyl adjacent to an activating group) is 1. The van der Waals surface area contributed by atoms with Crippen LogP contribution in [0.25, 0.3) is 0 Å². The lowest BCUT2D eigenvalue weighted by atomic mass is 9.73. The molecule has 0 aromatic rings. The van der Waals surface area contributed by atoms with Crippen LogP contribution in [0.4, 0.5) is 8.78 Å². The monoisotopic (exact) mass is 329 g/mol. The third kappa shape index (κ3) is 4.02. The number of alkyl halides is 2. The van der Waals surface area contributed by atoms with Crippen molar-refractivity contribution in [3.8, 4) is 0 Å². The van der Waals surface area contributed by atoms with Crippen molar-refractivity contribution in [2.75, 3.05) is 26.7 Å². The fourth-order valence-corrected chi connectivity index (χ4v) is 4.61. The third-order valence-corrected chi connectivity index (χ3v) is 6.05. The molecule has 23 heavy (non-hydrogen) atoms. The maximum atomic E-state index is 13.4. The molecule has 0 unspecified atom stereocenters. The summed E-state index contributed by atoms with van der Waals surface area (Å²) in [7, 11) is 2.00. The van der Waals surface area contributed by atoms with E-state index in [2.05, 4.69) is 15.5 Å². The Morgan fingerprint density at radius 2 is 1.96 bits per heavy atom. The van der Waals surface area contributed by atoms with Crippen LogP contribution in [-0.2, 0) is 4.79 Å². The number of amides is 1. The number of nitrogens with zero attached hydrogens (tertiary/aromatic N) is 1. The molecule has 1 amide bonds. The number of likely N-dealkylation sites (tertiary alicyclic amines) is 1. The first-order chi connectivity index (χ1) is 11.0. The van der Waals surface area contributed by atoms with Gasteiger partial charge in [0.15, 0.2) is 0 Å². The van der Waals surface area contributed by atoms with Gasteiger partial charge >= 0.3 is 0 Å². The zero-order valence-electron chi connectivity index (χ0n) is 14.0. The maximum Gasteiger partial charge on any atom is 0.248 e. The fourth-order valence-electron chi connectivity index (χ4n) is 4.61. The van der Waals surface area contributed by atoms with E-state index >= 15 is 0 Å². The summed E-state index contributed by atoms with van der Waals surface area (Å²) in [5.74, 6) is -1.70. The number of rotatable bonds is 3. The number of hydrogen-bond acceptors (Lipinski definition) is 3. The largest absolute Gasteiger partial charge is 0.350 e. The Morgan fingerprint density at radius 3 is 2.61 bits per heavy atom. The summed E-state index contributed by atoms with van der Waals surface area (Å²) in [4.78, 5) is 14.7.